The zero-order valence-corrected chi connectivity index (χ0v) is 21.6. The lowest BCUT2D eigenvalue weighted by Gasteiger charge is -2.24. The molecule has 0 bridgehead atoms. The molecule has 0 aliphatic rings. The van der Waals surface area contributed by atoms with Crippen molar-refractivity contribution in [1.29, 1.82) is 0 Å². The van der Waals surface area contributed by atoms with E-state index in [2.05, 4.69) is 11.9 Å². The maximum atomic E-state index is 15.0. The highest BCUT2D eigenvalue weighted by atomic mass is 19.2. The zero-order chi connectivity index (χ0) is 27.8. The van der Waals surface area contributed by atoms with Gasteiger partial charge in [0.05, 0.1) is 19.1 Å². The molecule has 37 heavy (non-hydrogen) atoms. The van der Waals surface area contributed by atoms with Gasteiger partial charge in [0.2, 0.25) is 0 Å². The molecule has 2 rings (SSSR count). The Balaban J connectivity index is 2.58. The summed E-state index contributed by atoms with van der Waals surface area (Å²) >= 11 is 0. The van der Waals surface area contributed by atoms with Gasteiger partial charge in [-0.05, 0) is 82.7 Å². The number of aryl methyl sites for hydroxylation is 1. The van der Waals surface area contributed by atoms with Crippen LogP contribution in [0.4, 0.5) is 22.4 Å². The fourth-order valence-corrected chi connectivity index (χ4v) is 3.83. The molecule has 9 heteroatoms. The summed E-state index contributed by atoms with van der Waals surface area (Å²) in [5.74, 6) is -5.17. The molecule has 0 spiro atoms. The van der Waals surface area contributed by atoms with E-state index in [1.807, 2.05) is 0 Å². The molecule has 1 N–H and O–H groups in total. The number of nitrogens with one attached hydrogen (secondary N) is 1. The molecule has 5 nitrogen and oxygen atoms in total. The molecule has 2 aromatic carbocycles. The van der Waals surface area contributed by atoms with Crippen molar-refractivity contribution in [1.82, 2.24) is 5.32 Å². The molecule has 1 atom stereocenters. The number of hydrogen-bond donors (Lipinski definition) is 1. The monoisotopic (exact) mass is 523 g/mol. The van der Waals surface area contributed by atoms with Crippen LogP contribution in [0.15, 0.2) is 36.9 Å². The van der Waals surface area contributed by atoms with Crippen molar-refractivity contribution in [3.05, 3.63) is 71.3 Å². The van der Waals surface area contributed by atoms with Crippen LogP contribution in [-0.4, -0.2) is 24.3 Å². The molecule has 0 unspecified atom stereocenters. The number of carbonyl (C=O) groups is 2. The number of amides is 1. The number of unbranched alkanes of at least 4 members (excludes halogenated alkanes) is 2. The number of esters is 1. The van der Waals surface area contributed by atoms with Gasteiger partial charge in [0.15, 0.2) is 11.6 Å². The summed E-state index contributed by atoms with van der Waals surface area (Å²) in [6.45, 7) is 10.1. The van der Waals surface area contributed by atoms with Crippen LogP contribution in [0, 0.1) is 23.3 Å². The van der Waals surface area contributed by atoms with Gasteiger partial charge in [0.1, 0.15) is 17.2 Å². The lowest BCUT2D eigenvalue weighted by atomic mass is 9.92. The fourth-order valence-electron chi connectivity index (χ4n) is 3.83. The summed E-state index contributed by atoms with van der Waals surface area (Å²) in [5.41, 5.74) is -1.19. The Morgan fingerprint density at radius 3 is 2.38 bits per heavy atom. The number of halogens is 4. The first-order valence-electron chi connectivity index (χ1n) is 12.1. The lowest BCUT2D eigenvalue weighted by molar-refractivity contribution is -0.143. The van der Waals surface area contributed by atoms with Crippen LogP contribution in [0.1, 0.15) is 70.5 Å². The Bertz CT molecular complexity index is 1130. The lowest BCUT2D eigenvalue weighted by Crippen LogP contribution is -2.36. The Morgan fingerprint density at radius 2 is 1.76 bits per heavy atom. The molecule has 0 saturated carbocycles. The van der Waals surface area contributed by atoms with E-state index in [4.69, 9.17) is 9.47 Å². The van der Waals surface area contributed by atoms with Gasteiger partial charge in [0.25, 0.3) is 0 Å². The van der Waals surface area contributed by atoms with E-state index < -0.39 is 59.0 Å². The van der Waals surface area contributed by atoms with Crippen molar-refractivity contribution >= 4 is 12.1 Å². The molecule has 0 aliphatic heterocycles. The van der Waals surface area contributed by atoms with Gasteiger partial charge in [-0.25, -0.2) is 22.4 Å². The van der Waals surface area contributed by atoms with Crippen LogP contribution in [0.2, 0.25) is 0 Å². The van der Waals surface area contributed by atoms with Gasteiger partial charge in [-0.15, -0.1) is 6.58 Å². The standard InChI is InChI=1S/C28H33F4NO4/c1-6-8-9-10-11-17-12-19(29)15-21(30)25(17)18-13-20(26(32)22(31)14-18)23(16-24(34)36-7-2)33-27(35)37-28(3,4)5/h6,12-15,23H,1,7-11,16H2,2-5H3,(H,33,35)/t23-/m0/s1. The van der Waals surface area contributed by atoms with Crippen LogP contribution in [0.3, 0.4) is 0 Å². The minimum atomic E-state index is -1.39. The van der Waals surface area contributed by atoms with Crippen LogP contribution in [0.5, 0.6) is 0 Å². The Hall–Kier alpha value is -3.36. The van der Waals surface area contributed by atoms with Gasteiger partial charge in [0, 0.05) is 17.2 Å². The van der Waals surface area contributed by atoms with Crippen molar-refractivity contribution in [2.24, 2.45) is 0 Å². The fraction of sp³-hybridized carbons (Fsp3) is 0.429. The average molecular weight is 524 g/mol. The molecule has 0 aliphatic carbocycles. The summed E-state index contributed by atoms with van der Waals surface area (Å²) < 4.78 is 69.0. The summed E-state index contributed by atoms with van der Waals surface area (Å²) in [5, 5.41) is 2.38. The predicted octanol–water partition coefficient (Wildman–Crippen LogP) is 7.33. The van der Waals surface area contributed by atoms with Crippen molar-refractivity contribution in [2.45, 2.75) is 71.4 Å². The van der Waals surface area contributed by atoms with Crippen LogP contribution in [-0.2, 0) is 20.7 Å². The molecule has 0 heterocycles. The smallest absolute Gasteiger partial charge is 0.408 e. The maximum absolute atomic E-state index is 15.0. The van der Waals surface area contributed by atoms with E-state index in [0.29, 0.717) is 18.9 Å². The average Bonchev–Trinajstić information content (AvgIpc) is 2.77. The largest absolute Gasteiger partial charge is 0.466 e. The third-order valence-corrected chi connectivity index (χ3v) is 5.33. The number of ether oxygens (including phenoxy) is 2. The normalized spacial score (nSPS) is 12.1. The number of hydrogen-bond acceptors (Lipinski definition) is 4. The Labute approximate surface area is 214 Å². The van der Waals surface area contributed by atoms with Crippen molar-refractivity contribution in [3.8, 4) is 11.1 Å². The summed E-state index contributed by atoms with van der Waals surface area (Å²) in [7, 11) is 0. The summed E-state index contributed by atoms with van der Waals surface area (Å²) in [4.78, 5) is 24.7. The van der Waals surface area contributed by atoms with E-state index in [-0.39, 0.29) is 29.7 Å². The molecule has 1 amide bonds. The zero-order valence-electron chi connectivity index (χ0n) is 21.6. The van der Waals surface area contributed by atoms with Crippen molar-refractivity contribution in [2.75, 3.05) is 6.61 Å². The Morgan fingerprint density at radius 1 is 1.05 bits per heavy atom. The van der Waals surface area contributed by atoms with E-state index in [1.165, 1.54) is 0 Å². The molecule has 0 aromatic heterocycles. The van der Waals surface area contributed by atoms with Gasteiger partial charge in [-0.1, -0.05) is 6.08 Å². The first-order chi connectivity index (χ1) is 17.4. The number of allylic oxidation sites excluding steroid dienone is 1. The summed E-state index contributed by atoms with van der Waals surface area (Å²) in [6, 6.07) is 2.38. The second kappa shape index (κ2) is 13.3. The topological polar surface area (TPSA) is 64.6 Å². The third-order valence-electron chi connectivity index (χ3n) is 5.33. The Kier molecular flexibility index (Phi) is 10.7. The SMILES string of the molecule is C=CCCCCc1cc(F)cc(F)c1-c1cc(F)c(F)c([C@H](CC(=O)OCC)NC(=O)OC(C)(C)C)c1. The van der Waals surface area contributed by atoms with Gasteiger partial charge in [-0.3, -0.25) is 4.79 Å². The highest BCUT2D eigenvalue weighted by Crippen LogP contribution is 2.34. The van der Waals surface area contributed by atoms with E-state index >= 15 is 8.78 Å². The highest BCUT2D eigenvalue weighted by molar-refractivity contribution is 5.75. The van der Waals surface area contributed by atoms with Crippen molar-refractivity contribution in [3.63, 3.8) is 0 Å². The minimum absolute atomic E-state index is 0.0326. The highest BCUT2D eigenvalue weighted by Gasteiger charge is 2.28. The first-order valence-corrected chi connectivity index (χ1v) is 12.1. The van der Waals surface area contributed by atoms with Crippen LogP contribution >= 0.6 is 0 Å². The second-order valence-corrected chi connectivity index (χ2v) is 9.53. The molecular formula is C28H33F4NO4. The van der Waals surface area contributed by atoms with Crippen molar-refractivity contribution < 1.29 is 36.6 Å². The van der Waals surface area contributed by atoms with Crippen LogP contribution < -0.4 is 5.32 Å². The third kappa shape index (κ3) is 8.91. The minimum Gasteiger partial charge on any atom is -0.466 e. The molecule has 0 saturated heterocycles. The van der Waals surface area contributed by atoms with E-state index in [0.717, 1.165) is 24.6 Å². The molecule has 0 fully saturated rings. The number of alkyl carbamates (subject to hydrolysis) is 1. The van der Waals surface area contributed by atoms with Crippen LogP contribution in [0.25, 0.3) is 11.1 Å². The number of benzene rings is 2. The van der Waals surface area contributed by atoms with E-state index in [1.54, 1.807) is 33.8 Å². The van der Waals surface area contributed by atoms with E-state index in [9.17, 15) is 18.4 Å². The molecule has 202 valence electrons. The number of rotatable bonds is 11. The quantitative estimate of drug-likeness (QED) is 0.145. The van der Waals surface area contributed by atoms with Gasteiger partial charge < -0.3 is 14.8 Å². The molecular weight excluding hydrogens is 490 g/mol. The molecule has 0 radical (unpaired) electrons. The van der Waals surface area contributed by atoms with Gasteiger partial charge in [-0.2, -0.15) is 0 Å². The van der Waals surface area contributed by atoms with Gasteiger partial charge >= 0.3 is 12.1 Å². The molecule has 2 aromatic rings. The first kappa shape index (κ1) is 29.9. The maximum Gasteiger partial charge on any atom is 0.408 e. The predicted molar refractivity (Wildman–Crippen MR) is 133 cm³/mol. The summed E-state index contributed by atoms with van der Waals surface area (Å²) in [6.07, 6.45) is 2.55. The second-order valence-electron chi connectivity index (χ2n) is 9.53. The number of carbonyl (C=O) groups excluding carboxylic acids is 2.